The molecule has 1 aromatic carbocycles. The Morgan fingerprint density at radius 2 is 1.80 bits per heavy atom. The van der Waals surface area contributed by atoms with E-state index in [0.29, 0.717) is 0 Å². The molecule has 20 heavy (non-hydrogen) atoms. The summed E-state index contributed by atoms with van der Waals surface area (Å²) in [7, 11) is 0. The van der Waals surface area contributed by atoms with E-state index < -0.39 is 0 Å². The molecule has 2 aromatic rings. The fraction of sp³-hybridized carbons (Fsp3) is 0.353. The first-order chi connectivity index (χ1) is 9.43. The molecule has 104 valence electrons. The smallest absolute Gasteiger partial charge is 0.129 e. The first-order valence-electron chi connectivity index (χ1n) is 7.02. The van der Waals surface area contributed by atoms with E-state index in [0.717, 1.165) is 24.6 Å². The van der Waals surface area contributed by atoms with Crippen LogP contribution < -0.4 is 10.6 Å². The van der Waals surface area contributed by atoms with E-state index in [9.17, 15) is 0 Å². The van der Waals surface area contributed by atoms with Crippen molar-refractivity contribution in [2.45, 2.75) is 39.3 Å². The zero-order chi connectivity index (χ0) is 14.3. The minimum Gasteiger partial charge on any atom is -0.399 e. The number of aromatic nitrogens is 1. The zero-order valence-electron chi connectivity index (χ0n) is 12.4. The topological polar surface area (TPSA) is 42.1 Å². The van der Waals surface area contributed by atoms with Gasteiger partial charge in [0, 0.05) is 25.0 Å². The van der Waals surface area contributed by atoms with Crippen molar-refractivity contribution >= 4 is 11.5 Å². The van der Waals surface area contributed by atoms with Gasteiger partial charge < -0.3 is 10.6 Å². The van der Waals surface area contributed by atoms with Crippen molar-refractivity contribution in [1.82, 2.24) is 4.98 Å². The van der Waals surface area contributed by atoms with Crippen LogP contribution in [0.4, 0.5) is 11.5 Å². The molecule has 0 fully saturated rings. The van der Waals surface area contributed by atoms with E-state index in [1.807, 2.05) is 12.3 Å². The van der Waals surface area contributed by atoms with Gasteiger partial charge in [0.25, 0.3) is 0 Å². The van der Waals surface area contributed by atoms with Crippen LogP contribution in [0.1, 0.15) is 37.5 Å². The third-order valence-corrected chi connectivity index (χ3v) is 3.89. The van der Waals surface area contributed by atoms with Crippen LogP contribution in [0.25, 0.3) is 0 Å². The highest BCUT2D eigenvalue weighted by atomic mass is 15.2. The van der Waals surface area contributed by atoms with Crippen LogP contribution in [0.5, 0.6) is 0 Å². The maximum absolute atomic E-state index is 5.85. The highest BCUT2D eigenvalue weighted by molar-refractivity contribution is 5.52. The van der Waals surface area contributed by atoms with Crippen LogP contribution in [0.3, 0.4) is 0 Å². The van der Waals surface area contributed by atoms with E-state index >= 15 is 0 Å². The molecule has 0 unspecified atom stereocenters. The second-order valence-corrected chi connectivity index (χ2v) is 6.54. The summed E-state index contributed by atoms with van der Waals surface area (Å²) < 4.78 is 0. The molecule has 0 saturated heterocycles. The van der Waals surface area contributed by atoms with E-state index in [4.69, 9.17) is 5.73 Å². The van der Waals surface area contributed by atoms with Gasteiger partial charge in [-0.1, -0.05) is 32.9 Å². The number of hydrogen-bond donors (Lipinski definition) is 1. The van der Waals surface area contributed by atoms with Crippen molar-refractivity contribution in [3.8, 4) is 0 Å². The number of nitrogens with two attached hydrogens (primary N) is 1. The SMILES string of the molecule is CC(C)(C)c1ccc(N2Cc3ccc(N)cc3C2)nc1. The van der Waals surface area contributed by atoms with Crippen LogP contribution in [-0.4, -0.2) is 4.98 Å². The lowest BCUT2D eigenvalue weighted by Crippen LogP contribution is -2.17. The number of pyridine rings is 1. The summed E-state index contributed by atoms with van der Waals surface area (Å²) >= 11 is 0. The monoisotopic (exact) mass is 267 g/mol. The van der Waals surface area contributed by atoms with Crippen molar-refractivity contribution in [2.24, 2.45) is 0 Å². The zero-order valence-corrected chi connectivity index (χ0v) is 12.4. The lowest BCUT2D eigenvalue weighted by molar-refractivity contribution is 0.587. The molecule has 3 rings (SSSR count). The van der Waals surface area contributed by atoms with Crippen molar-refractivity contribution in [3.05, 3.63) is 53.2 Å². The molecule has 1 aliphatic rings. The number of hydrogen-bond acceptors (Lipinski definition) is 3. The van der Waals surface area contributed by atoms with Gasteiger partial charge in [0.05, 0.1) is 0 Å². The molecule has 0 radical (unpaired) electrons. The van der Waals surface area contributed by atoms with Gasteiger partial charge >= 0.3 is 0 Å². The van der Waals surface area contributed by atoms with Crippen molar-refractivity contribution < 1.29 is 0 Å². The van der Waals surface area contributed by atoms with Gasteiger partial charge in [0.1, 0.15) is 5.82 Å². The van der Waals surface area contributed by atoms with Crippen LogP contribution in [0.15, 0.2) is 36.5 Å². The quantitative estimate of drug-likeness (QED) is 0.804. The van der Waals surface area contributed by atoms with Crippen LogP contribution in [0.2, 0.25) is 0 Å². The Morgan fingerprint density at radius 1 is 1.05 bits per heavy atom. The van der Waals surface area contributed by atoms with Crippen LogP contribution >= 0.6 is 0 Å². The Morgan fingerprint density at radius 3 is 2.45 bits per heavy atom. The first-order valence-corrected chi connectivity index (χ1v) is 7.02. The van der Waals surface area contributed by atoms with Gasteiger partial charge in [-0.3, -0.25) is 0 Å². The normalized spacial score (nSPS) is 14.4. The Kier molecular flexibility index (Phi) is 2.93. The summed E-state index contributed by atoms with van der Waals surface area (Å²) in [6, 6.07) is 10.5. The summed E-state index contributed by atoms with van der Waals surface area (Å²) in [6.07, 6.45) is 1.99. The van der Waals surface area contributed by atoms with E-state index in [1.54, 1.807) is 0 Å². The maximum Gasteiger partial charge on any atom is 0.129 e. The molecule has 2 heterocycles. The van der Waals surface area contributed by atoms with Crippen molar-refractivity contribution in [3.63, 3.8) is 0 Å². The summed E-state index contributed by atoms with van der Waals surface area (Å²) in [6.45, 7) is 8.42. The predicted octanol–water partition coefficient (Wildman–Crippen LogP) is 3.48. The first kappa shape index (κ1) is 13.0. The van der Waals surface area contributed by atoms with E-state index in [-0.39, 0.29) is 5.41 Å². The number of benzene rings is 1. The van der Waals surface area contributed by atoms with Gasteiger partial charge in [-0.05, 0) is 40.3 Å². The number of fused-ring (bicyclic) bond motifs is 1. The number of rotatable bonds is 1. The van der Waals surface area contributed by atoms with Gasteiger partial charge in [0.15, 0.2) is 0 Å². The van der Waals surface area contributed by atoms with Gasteiger partial charge in [0.2, 0.25) is 0 Å². The highest BCUT2D eigenvalue weighted by Gasteiger charge is 2.21. The molecule has 3 heteroatoms. The molecule has 0 saturated carbocycles. The Hall–Kier alpha value is -2.03. The molecule has 0 amide bonds. The minimum absolute atomic E-state index is 0.147. The van der Waals surface area contributed by atoms with Crippen molar-refractivity contribution in [1.29, 1.82) is 0 Å². The Balaban J connectivity index is 1.83. The second-order valence-electron chi connectivity index (χ2n) is 6.54. The van der Waals surface area contributed by atoms with E-state index in [2.05, 4.69) is 54.9 Å². The third-order valence-electron chi connectivity index (χ3n) is 3.89. The fourth-order valence-corrected chi connectivity index (χ4v) is 2.59. The fourth-order valence-electron chi connectivity index (χ4n) is 2.59. The van der Waals surface area contributed by atoms with E-state index in [1.165, 1.54) is 16.7 Å². The summed E-state index contributed by atoms with van der Waals surface area (Å²) in [5.41, 5.74) is 10.8. The highest BCUT2D eigenvalue weighted by Crippen LogP contribution is 2.29. The third kappa shape index (κ3) is 2.36. The molecule has 0 aliphatic carbocycles. The number of anilines is 2. The molecule has 0 bridgehead atoms. The average Bonchev–Trinajstić information content (AvgIpc) is 2.80. The van der Waals surface area contributed by atoms with Crippen molar-refractivity contribution in [2.75, 3.05) is 10.6 Å². The summed E-state index contributed by atoms with van der Waals surface area (Å²) in [4.78, 5) is 6.92. The maximum atomic E-state index is 5.85. The average molecular weight is 267 g/mol. The summed E-state index contributed by atoms with van der Waals surface area (Å²) in [5.74, 6) is 1.03. The second kappa shape index (κ2) is 4.51. The lowest BCUT2D eigenvalue weighted by atomic mass is 9.88. The van der Waals surface area contributed by atoms with Gasteiger partial charge in [-0.2, -0.15) is 0 Å². The molecule has 0 atom stereocenters. The predicted molar refractivity (Wildman–Crippen MR) is 83.7 cm³/mol. The molecule has 1 aromatic heterocycles. The van der Waals surface area contributed by atoms with Crippen LogP contribution in [-0.2, 0) is 18.5 Å². The van der Waals surface area contributed by atoms with Crippen LogP contribution in [0, 0.1) is 0 Å². The molecule has 0 spiro atoms. The lowest BCUT2D eigenvalue weighted by Gasteiger charge is -2.21. The standard InChI is InChI=1S/C17H21N3/c1-17(2,3)14-5-7-16(19-9-14)20-10-12-4-6-15(18)8-13(12)11-20/h4-9H,10-11,18H2,1-3H3. The molecular formula is C17H21N3. The summed E-state index contributed by atoms with van der Waals surface area (Å²) in [5, 5.41) is 0. The van der Waals surface area contributed by atoms with Gasteiger partial charge in [-0.15, -0.1) is 0 Å². The van der Waals surface area contributed by atoms with Gasteiger partial charge in [-0.25, -0.2) is 4.98 Å². The number of nitrogen functional groups attached to an aromatic ring is 1. The molecular weight excluding hydrogens is 246 g/mol. The largest absolute Gasteiger partial charge is 0.399 e. The molecule has 3 nitrogen and oxygen atoms in total. The Labute approximate surface area is 120 Å². The number of nitrogens with zero attached hydrogens (tertiary/aromatic N) is 2. The Bertz CT molecular complexity index is 624. The molecule has 1 aliphatic heterocycles. The molecule has 2 N–H and O–H groups in total. The minimum atomic E-state index is 0.147.